The van der Waals surface area contributed by atoms with Crippen LogP contribution in [-0.4, -0.2) is 59.1 Å². The van der Waals surface area contributed by atoms with Crippen LogP contribution >= 0.6 is 11.8 Å². The van der Waals surface area contributed by atoms with Gasteiger partial charge in [0.15, 0.2) is 0 Å². The maximum absolute atomic E-state index is 12.2. The number of hydrogen-bond acceptors (Lipinski definition) is 5. The normalized spacial score (nSPS) is 19.5. The lowest BCUT2D eigenvalue weighted by Gasteiger charge is -2.24. The lowest BCUT2D eigenvalue weighted by molar-refractivity contribution is -0.138. The number of aliphatic carboxylic acids is 1. The molecule has 7 heteroatoms. The van der Waals surface area contributed by atoms with Crippen LogP contribution in [0.5, 0.6) is 0 Å². The minimum atomic E-state index is -0.897. The average Bonchev–Trinajstić information content (AvgIpc) is 2.73. The van der Waals surface area contributed by atoms with Gasteiger partial charge in [0, 0.05) is 23.3 Å². The van der Waals surface area contributed by atoms with Gasteiger partial charge in [-0.25, -0.2) is 0 Å². The van der Waals surface area contributed by atoms with Crippen LogP contribution in [0, 0.1) is 5.41 Å². The van der Waals surface area contributed by atoms with Crippen LogP contribution in [0.1, 0.15) is 27.2 Å². The van der Waals surface area contributed by atoms with E-state index in [1.807, 2.05) is 20.8 Å². The highest BCUT2D eigenvalue weighted by Gasteiger charge is 2.34. The van der Waals surface area contributed by atoms with Crippen LogP contribution in [0.25, 0.3) is 0 Å². The fraction of sp³-hybridized carbons (Fsp3) is 0.647. The maximum Gasteiger partial charge on any atom is 0.321 e. The molecule has 2 atom stereocenters. The molecule has 0 aromatic rings. The molecule has 0 spiro atoms. The van der Waals surface area contributed by atoms with Crippen molar-refractivity contribution in [2.75, 3.05) is 26.0 Å². The van der Waals surface area contributed by atoms with Crippen molar-refractivity contribution in [2.45, 2.75) is 38.5 Å². The zero-order valence-electron chi connectivity index (χ0n) is 14.9. The van der Waals surface area contributed by atoms with Gasteiger partial charge in [-0.1, -0.05) is 33.9 Å². The van der Waals surface area contributed by atoms with Crippen LogP contribution in [0.2, 0.25) is 0 Å². The number of hydrogen-bond donors (Lipinski definition) is 2. The molecular weight excluding hydrogens is 328 g/mol. The van der Waals surface area contributed by atoms with Gasteiger partial charge < -0.3 is 20.1 Å². The van der Waals surface area contributed by atoms with E-state index in [1.165, 1.54) is 11.8 Å². The Morgan fingerprint density at radius 1 is 1.54 bits per heavy atom. The Hall–Kier alpha value is -1.47. The van der Waals surface area contributed by atoms with Gasteiger partial charge in [0.25, 0.3) is 0 Å². The number of carbonyl (C=O) groups is 2. The number of ether oxygens (including phenoxy) is 1. The molecule has 2 unspecified atom stereocenters. The van der Waals surface area contributed by atoms with E-state index in [9.17, 15) is 9.59 Å². The van der Waals surface area contributed by atoms with Crippen molar-refractivity contribution in [2.24, 2.45) is 5.41 Å². The van der Waals surface area contributed by atoms with Crippen LogP contribution in [0.15, 0.2) is 24.6 Å². The third-order valence-electron chi connectivity index (χ3n) is 3.92. The first kappa shape index (κ1) is 20.6. The molecule has 0 radical (unpaired) electrons. The zero-order valence-corrected chi connectivity index (χ0v) is 15.7. The summed E-state index contributed by atoms with van der Waals surface area (Å²) in [6.45, 7) is 14.7. The molecule has 2 N–H and O–H groups in total. The van der Waals surface area contributed by atoms with Crippen molar-refractivity contribution in [1.82, 2.24) is 10.2 Å². The van der Waals surface area contributed by atoms with Gasteiger partial charge in [-0.05, 0) is 7.05 Å². The highest BCUT2D eigenvalue weighted by molar-refractivity contribution is 8.00. The molecule has 136 valence electrons. The van der Waals surface area contributed by atoms with Crippen molar-refractivity contribution in [1.29, 1.82) is 0 Å². The summed E-state index contributed by atoms with van der Waals surface area (Å²) in [7, 11) is 1.61. The molecule has 0 aromatic heterocycles. The second-order valence-corrected chi connectivity index (χ2v) is 8.00. The molecule has 24 heavy (non-hydrogen) atoms. The SMILES string of the molecule is C=C1C(SCC(NC)C(=O)O)CC(=O)N1CCOC(=C)C(C)(C)C. The maximum atomic E-state index is 12.2. The smallest absolute Gasteiger partial charge is 0.321 e. The molecule has 1 fully saturated rings. The van der Waals surface area contributed by atoms with Gasteiger partial charge in [-0.3, -0.25) is 9.59 Å². The van der Waals surface area contributed by atoms with Crippen molar-refractivity contribution in [3.8, 4) is 0 Å². The lowest BCUT2D eigenvalue weighted by atomic mass is 9.95. The molecule has 1 amide bonds. The highest BCUT2D eigenvalue weighted by Crippen LogP contribution is 2.32. The number of allylic oxidation sites excluding steroid dienone is 1. The molecular formula is C17H28N2O4S. The fourth-order valence-electron chi connectivity index (χ4n) is 2.11. The Morgan fingerprint density at radius 2 is 2.17 bits per heavy atom. The zero-order chi connectivity index (χ0) is 18.5. The van der Waals surface area contributed by atoms with Crippen LogP contribution in [0.4, 0.5) is 0 Å². The molecule has 0 bridgehead atoms. The molecule has 0 aliphatic carbocycles. The van der Waals surface area contributed by atoms with Crippen molar-refractivity contribution in [3.63, 3.8) is 0 Å². The van der Waals surface area contributed by atoms with E-state index < -0.39 is 12.0 Å². The number of nitrogens with zero attached hydrogens (tertiary/aromatic N) is 1. The first-order chi connectivity index (χ1) is 11.1. The summed E-state index contributed by atoms with van der Waals surface area (Å²) in [5, 5.41) is 11.7. The third-order valence-corrected chi connectivity index (χ3v) is 5.28. The summed E-state index contributed by atoms with van der Waals surface area (Å²) < 4.78 is 5.62. The quantitative estimate of drug-likeness (QED) is 0.616. The molecule has 6 nitrogen and oxygen atoms in total. The predicted octanol–water partition coefficient (Wildman–Crippen LogP) is 2.08. The number of carboxylic acids is 1. The van der Waals surface area contributed by atoms with E-state index in [2.05, 4.69) is 18.5 Å². The lowest BCUT2D eigenvalue weighted by Crippen LogP contribution is -2.36. The summed E-state index contributed by atoms with van der Waals surface area (Å²) in [5.41, 5.74) is 0.582. The van der Waals surface area contributed by atoms with Crippen LogP contribution < -0.4 is 5.32 Å². The van der Waals surface area contributed by atoms with E-state index in [0.717, 1.165) is 5.70 Å². The number of carbonyl (C=O) groups excluding carboxylic acids is 1. The molecule has 1 rings (SSSR count). The third kappa shape index (κ3) is 5.56. The molecule has 1 aliphatic rings. The Bertz CT molecular complexity index is 513. The Labute approximate surface area is 148 Å². The summed E-state index contributed by atoms with van der Waals surface area (Å²) in [4.78, 5) is 24.8. The number of carboxylic acid groups (broad SMARTS) is 1. The van der Waals surface area contributed by atoms with Gasteiger partial charge in [0.05, 0.1) is 17.6 Å². The average molecular weight is 356 g/mol. The largest absolute Gasteiger partial charge is 0.496 e. The molecule has 1 aliphatic heterocycles. The molecule has 1 saturated heterocycles. The Kier molecular flexibility index (Phi) is 7.35. The molecule has 0 aromatic carbocycles. The van der Waals surface area contributed by atoms with E-state index in [1.54, 1.807) is 11.9 Å². The van der Waals surface area contributed by atoms with Gasteiger partial charge in [0.1, 0.15) is 12.6 Å². The molecule has 0 saturated carbocycles. The van der Waals surface area contributed by atoms with Gasteiger partial charge in [0.2, 0.25) is 5.91 Å². The van der Waals surface area contributed by atoms with Gasteiger partial charge in [-0.15, -0.1) is 11.8 Å². The van der Waals surface area contributed by atoms with E-state index >= 15 is 0 Å². The van der Waals surface area contributed by atoms with Crippen LogP contribution in [0.3, 0.4) is 0 Å². The number of nitrogens with one attached hydrogen (secondary N) is 1. The van der Waals surface area contributed by atoms with Gasteiger partial charge >= 0.3 is 5.97 Å². The number of rotatable bonds is 9. The van der Waals surface area contributed by atoms with Crippen molar-refractivity contribution in [3.05, 3.63) is 24.6 Å². The number of likely N-dealkylation sites (N-methyl/N-ethyl adjacent to an activating group) is 1. The second kappa shape index (κ2) is 8.58. The minimum Gasteiger partial charge on any atom is -0.496 e. The first-order valence-electron chi connectivity index (χ1n) is 7.91. The van der Waals surface area contributed by atoms with Gasteiger partial charge in [-0.2, -0.15) is 0 Å². The summed E-state index contributed by atoms with van der Waals surface area (Å²) in [5.74, 6) is 0.169. The second-order valence-electron chi connectivity index (χ2n) is 6.76. The van der Waals surface area contributed by atoms with Crippen molar-refractivity contribution >= 4 is 23.6 Å². The summed E-state index contributed by atoms with van der Waals surface area (Å²) in [6.07, 6.45) is 0.347. The highest BCUT2D eigenvalue weighted by atomic mass is 32.2. The monoisotopic (exact) mass is 356 g/mol. The summed E-state index contributed by atoms with van der Waals surface area (Å²) in [6, 6.07) is -0.634. The Balaban J connectivity index is 2.49. The van der Waals surface area contributed by atoms with Crippen LogP contribution in [-0.2, 0) is 14.3 Å². The molecule has 1 heterocycles. The topological polar surface area (TPSA) is 78.9 Å². The predicted molar refractivity (Wildman–Crippen MR) is 96.7 cm³/mol. The number of amides is 1. The Morgan fingerprint density at radius 3 is 2.67 bits per heavy atom. The summed E-state index contributed by atoms with van der Waals surface area (Å²) >= 11 is 1.44. The number of thioether (sulfide) groups is 1. The first-order valence-corrected chi connectivity index (χ1v) is 8.95. The standard InChI is InChI=1S/C17H28N2O4S/c1-11-14(24-10-13(18-6)16(21)22)9-15(20)19(11)7-8-23-12(2)17(3,4)5/h13-14,18H,1-2,7-10H2,3-6H3,(H,21,22). The van der Waals surface area contributed by atoms with E-state index in [4.69, 9.17) is 9.84 Å². The fourth-order valence-corrected chi connectivity index (χ4v) is 3.43. The minimum absolute atomic E-state index is 0.00111. The van der Waals surface area contributed by atoms with Crippen molar-refractivity contribution < 1.29 is 19.4 Å². The number of likely N-dealkylation sites (tertiary alicyclic amines) is 1. The van der Waals surface area contributed by atoms with E-state index in [0.29, 0.717) is 31.1 Å². The van der Waals surface area contributed by atoms with E-state index in [-0.39, 0.29) is 16.6 Å².